The zero-order valence-corrected chi connectivity index (χ0v) is 8.68. The molecular formula is C9H14N4O2. The summed E-state index contributed by atoms with van der Waals surface area (Å²) in [7, 11) is 1.65. The zero-order chi connectivity index (χ0) is 11.4. The van der Waals surface area contributed by atoms with Crippen LogP contribution in [0.3, 0.4) is 0 Å². The molecule has 15 heavy (non-hydrogen) atoms. The van der Waals surface area contributed by atoms with Gasteiger partial charge in [-0.3, -0.25) is 0 Å². The van der Waals surface area contributed by atoms with Gasteiger partial charge in [0.15, 0.2) is 0 Å². The molecule has 0 atom stereocenters. The first-order valence-corrected chi connectivity index (χ1v) is 4.52. The Bertz CT molecular complexity index is 384. The Morgan fingerprint density at radius 1 is 1.73 bits per heavy atom. The number of hydrogen-bond acceptors (Lipinski definition) is 5. The van der Waals surface area contributed by atoms with Crippen LogP contribution in [0.2, 0.25) is 0 Å². The van der Waals surface area contributed by atoms with Gasteiger partial charge in [0.2, 0.25) is 0 Å². The van der Waals surface area contributed by atoms with Gasteiger partial charge in [-0.1, -0.05) is 0 Å². The minimum absolute atomic E-state index is 0.205. The molecule has 5 N–H and O–H groups in total. The Morgan fingerprint density at radius 2 is 2.40 bits per heavy atom. The van der Waals surface area contributed by atoms with E-state index < -0.39 is 5.97 Å². The molecule has 0 aromatic carbocycles. The van der Waals surface area contributed by atoms with E-state index >= 15 is 0 Å². The molecule has 0 aliphatic rings. The number of ether oxygens (including phenoxy) is 1. The number of aromatic amines is 1. The van der Waals surface area contributed by atoms with E-state index in [4.69, 9.17) is 15.9 Å². The molecule has 6 heteroatoms. The summed E-state index contributed by atoms with van der Waals surface area (Å²) >= 11 is 0. The molecule has 1 aromatic rings. The maximum absolute atomic E-state index is 11.5. The molecule has 82 valence electrons. The number of H-pyrrole nitrogens is 1. The lowest BCUT2D eigenvalue weighted by atomic mass is 10.2. The van der Waals surface area contributed by atoms with Gasteiger partial charge in [0.25, 0.3) is 0 Å². The molecule has 0 saturated heterocycles. The molecule has 0 radical (unpaired) electrons. The summed E-state index contributed by atoms with van der Waals surface area (Å²) in [6.07, 6.45) is 1.09. The van der Waals surface area contributed by atoms with Crippen molar-refractivity contribution in [3.63, 3.8) is 0 Å². The fourth-order valence-electron chi connectivity index (χ4n) is 1.32. The number of nitrogens with one attached hydrogen (secondary N) is 3. The largest absolute Gasteiger partial charge is 0.462 e. The fraction of sp³-hybridized carbons (Fsp3) is 0.333. The number of rotatable bonds is 4. The molecule has 0 saturated carbocycles. The van der Waals surface area contributed by atoms with Crippen molar-refractivity contribution in [1.82, 2.24) is 4.98 Å². The third-order valence-electron chi connectivity index (χ3n) is 1.93. The number of anilines is 2. The van der Waals surface area contributed by atoms with Crippen LogP contribution in [0.4, 0.5) is 11.5 Å². The number of nitrogen functional groups attached to an aromatic ring is 1. The van der Waals surface area contributed by atoms with Gasteiger partial charge >= 0.3 is 5.97 Å². The molecular weight excluding hydrogens is 196 g/mol. The molecule has 0 spiro atoms. The fourth-order valence-corrected chi connectivity index (χ4v) is 1.32. The van der Waals surface area contributed by atoms with Gasteiger partial charge in [0.05, 0.1) is 18.0 Å². The normalized spacial score (nSPS) is 9.73. The predicted molar refractivity (Wildman–Crippen MR) is 58.6 cm³/mol. The maximum atomic E-state index is 11.5. The molecule has 0 fully saturated rings. The van der Waals surface area contributed by atoms with E-state index in [2.05, 4.69) is 10.3 Å². The average Bonchev–Trinajstić information content (AvgIpc) is 2.54. The monoisotopic (exact) mass is 210 g/mol. The Hall–Kier alpha value is -1.98. The predicted octanol–water partition coefficient (Wildman–Crippen LogP) is 0.813. The van der Waals surface area contributed by atoms with Gasteiger partial charge in [-0.15, -0.1) is 0 Å². The van der Waals surface area contributed by atoms with Crippen LogP contribution in [0.15, 0.2) is 0 Å². The van der Waals surface area contributed by atoms with Gasteiger partial charge in [-0.05, 0) is 6.92 Å². The van der Waals surface area contributed by atoms with Crippen LogP contribution in [0.1, 0.15) is 23.0 Å². The van der Waals surface area contributed by atoms with E-state index in [1.54, 1.807) is 14.0 Å². The van der Waals surface area contributed by atoms with Gasteiger partial charge < -0.3 is 26.2 Å². The van der Waals surface area contributed by atoms with Crippen molar-refractivity contribution in [1.29, 1.82) is 5.41 Å². The van der Waals surface area contributed by atoms with Crippen LogP contribution < -0.4 is 11.1 Å². The van der Waals surface area contributed by atoms with Crippen LogP contribution in [-0.2, 0) is 4.74 Å². The van der Waals surface area contributed by atoms with Gasteiger partial charge in [0, 0.05) is 13.3 Å². The van der Waals surface area contributed by atoms with Gasteiger partial charge in [0.1, 0.15) is 11.4 Å². The quantitative estimate of drug-likeness (QED) is 0.436. The van der Waals surface area contributed by atoms with Crippen molar-refractivity contribution in [3.8, 4) is 0 Å². The topological polar surface area (TPSA) is 104 Å². The Balaban J connectivity index is 3.20. The summed E-state index contributed by atoms with van der Waals surface area (Å²) in [4.78, 5) is 14.3. The van der Waals surface area contributed by atoms with Gasteiger partial charge in [-0.2, -0.15) is 0 Å². The summed E-state index contributed by atoms with van der Waals surface area (Å²) in [5.41, 5.74) is 6.82. The lowest BCUT2D eigenvalue weighted by molar-refractivity contribution is 0.0529. The van der Waals surface area contributed by atoms with E-state index in [-0.39, 0.29) is 18.0 Å². The molecule has 1 heterocycles. The second-order valence-corrected chi connectivity index (χ2v) is 2.82. The summed E-state index contributed by atoms with van der Waals surface area (Å²) < 4.78 is 4.86. The number of nitrogens with two attached hydrogens (primary N) is 1. The Kier molecular flexibility index (Phi) is 3.33. The third-order valence-corrected chi connectivity index (χ3v) is 1.93. The van der Waals surface area contributed by atoms with E-state index in [0.29, 0.717) is 11.4 Å². The number of hydrogen-bond donors (Lipinski definition) is 4. The van der Waals surface area contributed by atoms with E-state index in [0.717, 1.165) is 6.21 Å². The second-order valence-electron chi connectivity index (χ2n) is 2.82. The summed E-state index contributed by atoms with van der Waals surface area (Å²) in [5, 5.41) is 9.95. The standard InChI is InChI=1S/C9H14N4O2/c1-3-15-9(14)6-7(12-2)5(4-10)13-8(6)11/h4,10,12-13H,3,11H2,1-2H3. The molecule has 0 aliphatic carbocycles. The first-order chi connectivity index (χ1) is 7.15. The van der Waals surface area contributed by atoms with E-state index in [1.807, 2.05) is 0 Å². The number of carbonyl (C=O) groups excluding carboxylic acids is 1. The first kappa shape index (κ1) is 11.1. The lowest BCUT2D eigenvalue weighted by Crippen LogP contribution is -2.08. The van der Waals surface area contributed by atoms with Crippen molar-refractivity contribution in [2.75, 3.05) is 24.7 Å². The third kappa shape index (κ3) is 1.93. The number of esters is 1. The Morgan fingerprint density at radius 3 is 2.87 bits per heavy atom. The Labute approximate surface area is 87.3 Å². The van der Waals surface area contributed by atoms with Crippen LogP contribution in [0.5, 0.6) is 0 Å². The second kappa shape index (κ2) is 4.50. The van der Waals surface area contributed by atoms with Gasteiger partial charge in [-0.25, -0.2) is 4.79 Å². The van der Waals surface area contributed by atoms with Crippen molar-refractivity contribution >= 4 is 23.7 Å². The highest BCUT2D eigenvalue weighted by molar-refractivity contribution is 6.05. The van der Waals surface area contributed by atoms with Crippen LogP contribution in [-0.4, -0.2) is 30.8 Å². The molecule has 0 bridgehead atoms. The van der Waals surface area contributed by atoms with Crippen molar-refractivity contribution in [3.05, 3.63) is 11.3 Å². The molecule has 0 amide bonds. The van der Waals surface area contributed by atoms with Crippen LogP contribution >= 0.6 is 0 Å². The van der Waals surface area contributed by atoms with Crippen LogP contribution in [0, 0.1) is 5.41 Å². The molecule has 6 nitrogen and oxygen atoms in total. The molecule has 0 aliphatic heterocycles. The summed E-state index contributed by atoms with van der Waals surface area (Å²) in [6.45, 7) is 2.00. The van der Waals surface area contributed by atoms with Crippen molar-refractivity contribution < 1.29 is 9.53 Å². The minimum atomic E-state index is -0.497. The molecule has 1 rings (SSSR count). The first-order valence-electron chi connectivity index (χ1n) is 4.52. The highest BCUT2D eigenvalue weighted by atomic mass is 16.5. The maximum Gasteiger partial charge on any atom is 0.344 e. The number of aromatic nitrogens is 1. The highest BCUT2D eigenvalue weighted by Crippen LogP contribution is 2.26. The summed E-state index contributed by atoms with van der Waals surface area (Å²) in [6, 6.07) is 0. The van der Waals surface area contributed by atoms with Crippen LogP contribution in [0.25, 0.3) is 0 Å². The molecule has 1 aromatic heterocycles. The van der Waals surface area contributed by atoms with Crippen molar-refractivity contribution in [2.45, 2.75) is 6.92 Å². The van der Waals surface area contributed by atoms with Crippen molar-refractivity contribution in [2.24, 2.45) is 0 Å². The minimum Gasteiger partial charge on any atom is -0.462 e. The van der Waals surface area contributed by atoms with E-state index in [9.17, 15) is 4.79 Å². The molecule has 0 unspecified atom stereocenters. The smallest absolute Gasteiger partial charge is 0.344 e. The SMILES string of the molecule is CCOC(=O)c1c(N)[nH]c(C=N)c1NC. The highest BCUT2D eigenvalue weighted by Gasteiger charge is 2.21. The van der Waals surface area contributed by atoms with E-state index in [1.165, 1.54) is 0 Å². The number of carbonyl (C=O) groups is 1. The zero-order valence-electron chi connectivity index (χ0n) is 8.68. The summed E-state index contributed by atoms with van der Waals surface area (Å²) in [5.74, 6) is -0.292. The average molecular weight is 210 g/mol. The lowest BCUT2D eigenvalue weighted by Gasteiger charge is -2.04.